The van der Waals surface area contributed by atoms with Crippen LogP contribution in [0.2, 0.25) is 0 Å². The van der Waals surface area contributed by atoms with Gasteiger partial charge in [-0.05, 0) is 24.1 Å². The van der Waals surface area contributed by atoms with Gasteiger partial charge in [-0.2, -0.15) is 0 Å². The van der Waals surface area contributed by atoms with Crippen molar-refractivity contribution < 1.29 is 4.42 Å². The Balaban J connectivity index is 2.31. The summed E-state index contributed by atoms with van der Waals surface area (Å²) >= 11 is 0. The maximum absolute atomic E-state index is 5.40. The molecule has 0 fully saturated rings. The Kier molecular flexibility index (Phi) is 2.13. The lowest BCUT2D eigenvalue weighted by atomic mass is 10.1. The molecule has 0 amide bonds. The van der Waals surface area contributed by atoms with Crippen molar-refractivity contribution >= 4 is 11.1 Å². The van der Waals surface area contributed by atoms with Gasteiger partial charge in [-0.25, -0.2) is 4.98 Å². The number of benzene rings is 1. The summed E-state index contributed by atoms with van der Waals surface area (Å²) in [6.07, 6.45) is 7.03. The number of fused-ring (bicyclic) bond motifs is 1. The van der Waals surface area contributed by atoms with E-state index in [-0.39, 0.29) is 0 Å². The van der Waals surface area contributed by atoms with E-state index in [0.29, 0.717) is 11.5 Å². The third-order valence-corrected chi connectivity index (χ3v) is 2.48. The predicted molar refractivity (Wildman–Crippen MR) is 65.2 cm³/mol. The van der Waals surface area contributed by atoms with Gasteiger partial charge in [-0.15, -0.1) is 6.42 Å². The minimum Gasteiger partial charge on any atom is -0.430 e. The summed E-state index contributed by atoms with van der Waals surface area (Å²) in [6.45, 7) is 0. The summed E-state index contributed by atoms with van der Waals surface area (Å²) in [5.74, 6) is 2.69. The Morgan fingerprint density at radius 1 is 1.12 bits per heavy atom. The van der Waals surface area contributed by atoms with Crippen LogP contribution in [0.3, 0.4) is 0 Å². The van der Waals surface area contributed by atoms with Gasteiger partial charge in [-0.3, -0.25) is 4.98 Å². The molecule has 1 aromatic carbocycles. The third kappa shape index (κ3) is 1.56. The lowest BCUT2D eigenvalue weighted by Crippen LogP contribution is -1.83. The van der Waals surface area contributed by atoms with Gasteiger partial charge in [0.05, 0.1) is 5.69 Å². The van der Waals surface area contributed by atoms with Gasteiger partial charge in [0.1, 0.15) is 5.52 Å². The second-order valence-corrected chi connectivity index (χ2v) is 3.53. The van der Waals surface area contributed by atoms with Crippen molar-refractivity contribution in [3.63, 3.8) is 0 Å². The molecule has 80 valence electrons. The number of aromatic nitrogens is 2. The number of pyridine rings is 1. The molecule has 0 atom stereocenters. The van der Waals surface area contributed by atoms with E-state index in [1.54, 1.807) is 6.20 Å². The summed E-state index contributed by atoms with van der Waals surface area (Å²) in [5, 5.41) is 0. The van der Waals surface area contributed by atoms with Gasteiger partial charge in [0, 0.05) is 11.8 Å². The lowest BCUT2D eigenvalue weighted by Gasteiger charge is -1.99. The average molecular weight is 220 g/mol. The molecule has 0 bridgehead atoms. The highest BCUT2D eigenvalue weighted by molar-refractivity contribution is 5.89. The maximum Gasteiger partial charge on any atom is 0.274 e. The summed E-state index contributed by atoms with van der Waals surface area (Å²) in [7, 11) is 0. The fourth-order valence-corrected chi connectivity index (χ4v) is 1.74. The van der Waals surface area contributed by atoms with Crippen molar-refractivity contribution in [2.24, 2.45) is 0 Å². The standard InChI is InChI=1S/C14H8N2O/c1-2-13-16-14-10(6-5-8-12(14)17-13)11-7-3-4-9-15-11/h1,3-9H. The molecule has 0 unspecified atom stereocenters. The maximum atomic E-state index is 5.40. The van der Waals surface area contributed by atoms with Crippen LogP contribution in [0, 0.1) is 12.3 Å². The fourth-order valence-electron chi connectivity index (χ4n) is 1.74. The van der Waals surface area contributed by atoms with Crippen LogP contribution in [0.1, 0.15) is 5.89 Å². The Hall–Kier alpha value is -2.60. The number of rotatable bonds is 1. The van der Waals surface area contributed by atoms with Gasteiger partial charge in [0.2, 0.25) is 0 Å². The molecule has 3 rings (SSSR count). The minimum atomic E-state index is 0.295. The summed E-state index contributed by atoms with van der Waals surface area (Å²) < 4.78 is 5.40. The Morgan fingerprint density at radius 3 is 2.82 bits per heavy atom. The van der Waals surface area contributed by atoms with Gasteiger partial charge < -0.3 is 4.42 Å². The molecular weight excluding hydrogens is 212 g/mol. The monoisotopic (exact) mass is 220 g/mol. The van der Waals surface area contributed by atoms with Crippen LogP contribution in [-0.2, 0) is 0 Å². The summed E-state index contributed by atoms with van der Waals surface area (Å²) in [4.78, 5) is 8.57. The number of terminal acetylenes is 1. The first-order chi connectivity index (χ1) is 8.38. The van der Waals surface area contributed by atoms with Crippen molar-refractivity contribution in [3.8, 4) is 23.6 Å². The van der Waals surface area contributed by atoms with Gasteiger partial charge >= 0.3 is 0 Å². The van der Waals surface area contributed by atoms with Crippen molar-refractivity contribution in [2.45, 2.75) is 0 Å². The van der Waals surface area contributed by atoms with Crippen LogP contribution in [0.5, 0.6) is 0 Å². The van der Waals surface area contributed by atoms with Crippen LogP contribution in [0.25, 0.3) is 22.4 Å². The number of nitrogens with zero attached hydrogens (tertiary/aromatic N) is 2. The number of oxazole rings is 1. The molecule has 3 aromatic rings. The van der Waals surface area contributed by atoms with Gasteiger partial charge in [-0.1, -0.05) is 18.2 Å². The predicted octanol–water partition coefficient (Wildman–Crippen LogP) is 2.87. The molecule has 0 saturated carbocycles. The highest BCUT2D eigenvalue weighted by atomic mass is 16.3. The highest BCUT2D eigenvalue weighted by Crippen LogP contribution is 2.26. The quantitative estimate of drug-likeness (QED) is 0.592. The zero-order valence-electron chi connectivity index (χ0n) is 8.92. The number of hydrogen-bond acceptors (Lipinski definition) is 3. The normalized spacial score (nSPS) is 10.3. The van der Waals surface area contributed by atoms with Crippen LogP contribution in [0.4, 0.5) is 0 Å². The Morgan fingerprint density at radius 2 is 2.06 bits per heavy atom. The molecule has 3 nitrogen and oxygen atoms in total. The molecular formula is C14H8N2O. The number of para-hydroxylation sites is 1. The van der Waals surface area contributed by atoms with E-state index in [4.69, 9.17) is 10.8 Å². The van der Waals surface area contributed by atoms with Crippen LogP contribution < -0.4 is 0 Å². The second-order valence-electron chi connectivity index (χ2n) is 3.53. The van der Waals surface area contributed by atoms with Gasteiger partial charge in [0.25, 0.3) is 5.89 Å². The molecule has 2 heterocycles. The SMILES string of the molecule is C#Cc1nc2c(-c3ccccn3)cccc2o1. The van der Waals surface area contributed by atoms with E-state index in [0.717, 1.165) is 16.8 Å². The van der Waals surface area contributed by atoms with Gasteiger partial charge in [0.15, 0.2) is 5.58 Å². The summed E-state index contributed by atoms with van der Waals surface area (Å²) in [5.41, 5.74) is 3.21. The third-order valence-electron chi connectivity index (χ3n) is 2.48. The molecule has 0 radical (unpaired) electrons. The molecule has 0 saturated heterocycles. The van der Waals surface area contributed by atoms with Crippen molar-refractivity contribution in [1.29, 1.82) is 0 Å². The molecule has 3 heteroatoms. The van der Waals surface area contributed by atoms with Crippen molar-refractivity contribution in [2.75, 3.05) is 0 Å². The molecule has 0 aliphatic heterocycles. The first-order valence-electron chi connectivity index (χ1n) is 5.16. The zero-order chi connectivity index (χ0) is 11.7. The van der Waals surface area contributed by atoms with Crippen LogP contribution in [0.15, 0.2) is 47.0 Å². The molecule has 0 spiro atoms. The fraction of sp³-hybridized carbons (Fsp3) is 0. The topological polar surface area (TPSA) is 38.9 Å². The van der Waals surface area contributed by atoms with Crippen molar-refractivity contribution in [3.05, 3.63) is 48.5 Å². The van der Waals surface area contributed by atoms with E-state index < -0.39 is 0 Å². The molecule has 0 N–H and O–H groups in total. The first kappa shape index (κ1) is 9.61. The molecule has 2 aromatic heterocycles. The second kappa shape index (κ2) is 3.76. The van der Waals surface area contributed by atoms with E-state index >= 15 is 0 Å². The van der Waals surface area contributed by atoms with Crippen LogP contribution in [-0.4, -0.2) is 9.97 Å². The van der Waals surface area contributed by atoms with Crippen molar-refractivity contribution in [1.82, 2.24) is 9.97 Å². The van der Waals surface area contributed by atoms with E-state index in [9.17, 15) is 0 Å². The highest BCUT2D eigenvalue weighted by Gasteiger charge is 2.10. The first-order valence-corrected chi connectivity index (χ1v) is 5.16. The minimum absolute atomic E-state index is 0.295. The molecule has 0 aliphatic rings. The van der Waals surface area contributed by atoms with E-state index in [2.05, 4.69) is 15.9 Å². The molecule has 17 heavy (non-hydrogen) atoms. The smallest absolute Gasteiger partial charge is 0.274 e. The summed E-state index contributed by atoms with van der Waals surface area (Å²) in [6, 6.07) is 11.4. The molecule has 0 aliphatic carbocycles. The van der Waals surface area contributed by atoms with E-state index in [1.807, 2.05) is 36.4 Å². The zero-order valence-corrected chi connectivity index (χ0v) is 8.92. The largest absolute Gasteiger partial charge is 0.430 e. The van der Waals surface area contributed by atoms with Crippen LogP contribution >= 0.6 is 0 Å². The Labute approximate surface area is 98.1 Å². The van der Waals surface area contributed by atoms with E-state index in [1.165, 1.54) is 0 Å². The number of hydrogen-bond donors (Lipinski definition) is 0. The average Bonchev–Trinajstić information content (AvgIpc) is 2.82. The lowest BCUT2D eigenvalue weighted by molar-refractivity contribution is 0.586. The Bertz CT molecular complexity index is 708.